The van der Waals surface area contributed by atoms with Crippen molar-refractivity contribution in [3.63, 3.8) is 0 Å². The maximum atomic E-state index is 12.1. The van der Waals surface area contributed by atoms with Crippen LogP contribution >= 0.6 is 11.6 Å². The van der Waals surface area contributed by atoms with Gasteiger partial charge in [-0.25, -0.2) is 4.79 Å². The Kier molecular flexibility index (Phi) is 6.23. The Morgan fingerprint density at radius 1 is 1.25 bits per heavy atom. The first kappa shape index (κ1) is 22.0. The number of anilines is 1. The van der Waals surface area contributed by atoms with Gasteiger partial charge >= 0.3 is 6.09 Å². The van der Waals surface area contributed by atoms with E-state index in [1.165, 1.54) is 0 Å². The van der Waals surface area contributed by atoms with Gasteiger partial charge in [-0.15, -0.1) is 0 Å². The topological polar surface area (TPSA) is 92.6 Å². The van der Waals surface area contributed by atoms with Gasteiger partial charge in [-0.1, -0.05) is 17.7 Å². The smallest absolute Gasteiger partial charge is 0.407 e. The average molecular weight is 453 g/mol. The molecule has 1 aliphatic heterocycles. The van der Waals surface area contributed by atoms with Crippen LogP contribution < -0.4 is 10.2 Å². The van der Waals surface area contributed by atoms with Gasteiger partial charge in [0.2, 0.25) is 0 Å². The molecule has 9 heteroatoms. The van der Waals surface area contributed by atoms with E-state index in [9.17, 15) is 4.79 Å². The Balaban J connectivity index is 1.50. The second kappa shape index (κ2) is 9.08. The number of ether oxygens (including phenoxy) is 1. The summed E-state index contributed by atoms with van der Waals surface area (Å²) in [5.41, 5.74) is 3.45. The molecule has 32 heavy (non-hydrogen) atoms. The fourth-order valence-corrected chi connectivity index (χ4v) is 3.86. The lowest BCUT2D eigenvalue weighted by molar-refractivity contribution is 0.0509. The molecule has 1 N–H and O–H groups in total. The van der Waals surface area contributed by atoms with E-state index in [-0.39, 0.29) is 6.04 Å². The van der Waals surface area contributed by atoms with E-state index >= 15 is 0 Å². The quantitative estimate of drug-likeness (QED) is 0.584. The van der Waals surface area contributed by atoms with Gasteiger partial charge in [-0.3, -0.25) is 19.9 Å². The third-order valence-corrected chi connectivity index (χ3v) is 5.20. The molecule has 1 aromatic carbocycles. The van der Waals surface area contributed by atoms with E-state index in [0.717, 1.165) is 35.2 Å². The standard InChI is InChI=1S/C23H25ClN6O2/c1-23(2,3)32-22(31)29-16-6-9-30(14-16)21-17(24)12-25-13-20(21)28-11-15-4-5-18-19(10-15)27-8-7-26-18/h4-5,7-8,10-13,16H,6,9,14H2,1-3H3,(H,29,31)/t16-/m0/s1. The van der Waals surface area contributed by atoms with E-state index < -0.39 is 11.7 Å². The van der Waals surface area contributed by atoms with Gasteiger partial charge < -0.3 is 15.0 Å². The molecule has 1 atom stereocenters. The Bertz CT molecular complexity index is 1160. The lowest BCUT2D eigenvalue weighted by Gasteiger charge is -2.23. The molecule has 0 radical (unpaired) electrons. The van der Waals surface area contributed by atoms with Crippen LogP contribution in [0, 0.1) is 0 Å². The van der Waals surface area contributed by atoms with Gasteiger partial charge in [0.15, 0.2) is 0 Å². The number of fused-ring (bicyclic) bond motifs is 1. The number of carbonyl (C=O) groups excluding carboxylic acids is 1. The zero-order valence-corrected chi connectivity index (χ0v) is 19.0. The van der Waals surface area contributed by atoms with Crippen LogP contribution in [0.2, 0.25) is 5.02 Å². The highest BCUT2D eigenvalue weighted by Gasteiger charge is 2.28. The minimum Gasteiger partial charge on any atom is -0.444 e. The highest BCUT2D eigenvalue weighted by atomic mass is 35.5. The monoisotopic (exact) mass is 452 g/mol. The molecule has 1 fully saturated rings. The number of aromatic nitrogens is 3. The number of benzene rings is 1. The van der Waals surface area contributed by atoms with Crippen molar-refractivity contribution in [2.75, 3.05) is 18.0 Å². The highest BCUT2D eigenvalue weighted by Crippen LogP contribution is 2.37. The minimum atomic E-state index is -0.535. The van der Waals surface area contributed by atoms with Crippen molar-refractivity contribution in [3.8, 4) is 0 Å². The summed E-state index contributed by atoms with van der Waals surface area (Å²) in [5.74, 6) is 0. The molecule has 8 nitrogen and oxygen atoms in total. The first-order valence-electron chi connectivity index (χ1n) is 10.4. The normalized spacial score (nSPS) is 16.6. The predicted molar refractivity (Wildman–Crippen MR) is 126 cm³/mol. The summed E-state index contributed by atoms with van der Waals surface area (Å²) in [7, 11) is 0. The molecule has 2 aromatic heterocycles. The molecule has 1 aliphatic rings. The number of halogens is 1. The second-order valence-electron chi connectivity index (χ2n) is 8.63. The highest BCUT2D eigenvalue weighted by molar-refractivity contribution is 6.33. The van der Waals surface area contributed by atoms with Crippen molar-refractivity contribution in [2.45, 2.75) is 38.8 Å². The molecule has 4 rings (SSSR count). The number of carbonyl (C=O) groups is 1. The van der Waals surface area contributed by atoms with E-state index in [0.29, 0.717) is 17.3 Å². The molecule has 3 aromatic rings. The molecule has 0 spiro atoms. The summed E-state index contributed by atoms with van der Waals surface area (Å²) < 4.78 is 5.37. The van der Waals surface area contributed by atoms with Gasteiger partial charge in [0.05, 0.1) is 34.0 Å². The van der Waals surface area contributed by atoms with Crippen LogP contribution in [0.4, 0.5) is 16.2 Å². The molecule has 3 heterocycles. The summed E-state index contributed by atoms with van der Waals surface area (Å²) in [4.78, 5) is 31.7. The molecular weight excluding hydrogens is 428 g/mol. The number of nitrogens with zero attached hydrogens (tertiary/aromatic N) is 5. The van der Waals surface area contributed by atoms with E-state index in [2.05, 4.69) is 30.2 Å². The van der Waals surface area contributed by atoms with E-state index in [4.69, 9.17) is 16.3 Å². The van der Waals surface area contributed by atoms with Crippen molar-refractivity contribution in [1.82, 2.24) is 20.3 Å². The summed E-state index contributed by atoms with van der Waals surface area (Å²) in [6.07, 6.45) is 8.76. The number of hydrogen-bond acceptors (Lipinski definition) is 7. The number of amides is 1. The Hall–Kier alpha value is -3.26. The summed E-state index contributed by atoms with van der Waals surface area (Å²) in [5, 5.41) is 3.45. The van der Waals surface area contributed by atoms with Gasteiger partial charge in [-0.05, 0) is 44.9 Å². The first-order chi connectivity index (χ1) is 15.3. The third-order valence-electron chi connectivity index (χ3n) is 4.92. The second-order valence-corrected chi connectivity index (χ2v) is 9.04. The van der Waals surface area contributed by atoms with Crippen molar-refractivity contribution < 1.29 is 9.53 Å². The van der Waals surface area contributed by atoms with Crippen LogP contribution in [0.3, 0.4) is 0 Å². The lowest BCUT2D eigenvalue weighted by atomic mass is 10.2. The maximum absolute atomic E-state index is 12.1. The van der Waals surface area contributed by atoms with Crippen LogP contribution in [0.5, 0.6) is 0 Å². The van der Waals surface area contributed by atoms with Crippen molar-refractivity contribution in [2.24, 2.45) is 4.99 Å². The molecule has 0 saturated carbocycles. The van der Waals surface area contributed by atoms with Gasteiger partial charge in [0.1, 0.15) is 11.3 Å². The van der Waals surface area contributed by atoms with E-state index in [1.54, 1.807) is 31.0 Å². The van der Waals surface area contributed by atoms with Crippen LogP contribution in [0.15, 0.2) is 48.0 Å². The van der Waals surface area contributed by atoms with Crippen molar-refractivity contribution >= 4 is 46.3 Å². The fourth-order valence-electron chi connectivity index (χ4n) is 3.59. The molecule has 0 aliphatic carbocycles. The Labute approximate surface area is 191 Å². The third kappa shape index (κ3) is 5.31. The Morgan fingerprint density at radius 2 is 2.03 bits per heavy atom. The van der Waals surface area contributed by atoms with Gasteiger partial charge in [-0.2, -0.15) is 0 Å². The number of hydrogen-bond donors (Lipinski definition) is 1. The fraction of sp³-hybridized carbons (Fsp3) is 0.348. The molecule has 1 amide bonds. The van der Waals surface area contributed by atoms with Crippen LogP contribution in [0.25, 0.3) is 11.0 Å². The number of alkyl carbamates (subject to hydrolysis) is 1. The van der Waals surface area contributed by atoms with Crippen LogP contribution in [-0.2, 0) is 4.74 Å². The van der Waals surface area contributed by atoms with Crippen molar-refractivity contribution in [3.05, 3.63) is 53.6 Å². The van der Waals surface area contributed by atoms with Crippen LogP contribution in [-0.4, -0.2) is 52.0 Å². The maximum Gasteiger partial charge on any atom is 0.407 e. The summed E-state index contributed by atoms with van der Waals surface area (Å²) in [6.45, 7) is 6.87. The number of rotatable bonds is 4. The zero-order chi connectivity index (χ0) is 22.7. The number of pyridine rings is 1. The van der Waals surface area contributed by atoms with E-state index in [1.807, 2.05) is 39.0 Å². The summed E-state index contributed by atoms with van der Waals surface area (Å²) >= 11 is 6.50. The average Bonchev–Trinajstić information content (AvgIpc) is 3.18. The zero-order valence-electron chi connectivity index (χ0n) is 18.2. The SMILES string of the molecule is CC(C)(C)OC(=O)N[C@H]1CCN(c2c(Cl)cncc2N=Cc2ccc3nccnc3c2)C1. The first-order valence-corrected chi connectivity index (χ1v) is 10.8. The van der Waals surface area contributed by atoms with Gasteiger partial charge in [0, 0.05) is 37.9 Å². The number of nitrogens with one attached hydrogen (secondary N) is 1. The molecule has 1 saturated heterocycles. The molecule has 166 valence electrons. The molecule has 0 unspecified atom stereocenters. The summed E-state index contributed by atoms with van der Waals surface area (Å²) in [6, 6.07) is 5.74. The minimum absolute atomic E-state index is 0.0371. The predicted octanol–water partition coefficient (Wildman–Crippen LogP) is 4.53. The van der Waals surface area contributed by atoms with Crippen molar-refractivity contribution in [1.29, 1.82) is 0 Å². The van der Waals surface area contributed by atoms with Gasteiger partial charge in [0.25, 0.3) is 0 Å². The largest absolute Gasteiger partial charge is 0.444 e. The molecular formula is C23H25ClN6O2. The Morgan fingerprint density at radius 3 is 2.81 bits per heavy atom. The lowest BCUT2D eigenvalue weighted by Crippen LogP contribution is -2.40. The number of aliphatic imine (C=N–C) groups is 1. The molecule has 0 bridgehead atoms. The van der Waals surface area contributed by atoms with Crippen LogP contribution in [0.1, 0.15) is 32.8 Å².